The molecule has 0 aliphatic carbocycles. The lowest BCUT2D eigenvalue weighted by atomic mass is 9.96. The second-order valence-corrected chi connectivity index (χ2v) is 5.82. The average molecular weight is 350 g/mol. The molecule has 0 aliphatic heterocycles. The van der Waals surface area contributed by atoms with E-state index in [0.29, 0.717) is 18.1 Å². The molecule has 0 aliphatic rings. The van der Waals surface area contributed by atoms with Crippen LogP contribution in [0.1, 0.15) is 17.2 Å². The van der Waals surface area contributed by atoms with E-state index in [1.165, 1.54) is 0 Å². The number of carboxylic acid groups (broad SMARTS) is 1. The average Bonchev–Trinajstić information content (AvgIpc) is 2.44. The van der Waals surface area contributed by atoms with Gasteiger partial charge in [0.25, 0.3) is 0 Å². The Bertz CT molecular complexity index is 646. The number of benzene rings is 1. The summed E-state index contributed by atoms with van der Waals surface area (Å²) in [6, 6.07) is 9.29. The monoisotopic (exact) mass is 349 g/mol. The van der Waals surface area contributed by atoms with Gasteiger partial charge in [0.05, 0.1) is 5.69 Å². The van der Waals surface area contributed by atoms with Crippen molar-refractivity contribution in [2.24, 2.45) is 0 Å². The summed E-state index contributed by atoms with van der Waals surface area (Å²) in [6.45, 7) is 0. The Balaban J connectivity index is 2.31. The number of halogens is 1. The number of rotatable bonds is 5. The van der Waals surface area contributed by atoms with Crippen LogP contribution in [0.15, 0.2) is 41.0 Å². The first-order chi connectivity index (χ1) is 9.97. The lowest BCUT2D eigenvalue weighted by Gasteiger charge is -2.15. The SMILES string of the molecule is CN(C)c1nccc(C(Cc2cccc(Br)c2)C(=O)O)n1. The number of anilines is 1. The number of carboxylic acids is 1. The number of hydrogen-bond donors (Lipinski definition) is 1. The van der Waals surface area contributed by atoms with E-state index in [9.17, 15) is 9.90 Å². The molecule has 0 spiro atoms. The van der Waals surface area contributed by atoms with Crippen LogP contribution in [-0.4, -0.2) is 35.1 Å². The largest absolute Gasteiger partial charge is 0.481 e. The molecule has 0 fully saturated rings. The van der Waals surface area contributed by atoms with E-state index >= 15 is 0 Å². The van der Waals surface area contributed by atoms with Crippen molar-refractivity contribution in [1.29, 1.82) is 0 Å². The first kappa shape index (κ1) is 15.4. The molecule has 0 bridgehead atoms. The van der Waals surface area contributed by atoms with Crippen LogP contribution in [0, 0.1) is 0 Å². The Kier molecular flexibility index (Phi) is 4.90. The van der Waals surface area contributed by atoms with Crippen LogP contribution < -0.4 is 4.90 Å². The molecule has 1 atom stereocenters. The van der Waals surface area contributed by atoms with E-state index in [4.69, 9.17) is 0 Å². The van der Waals surface area contributed by atoms with E-state index in [1.807, 2.05) is 38.4 Å². The lowest BCUT2D eigenvalue weighted by Crippen LogP contribution is -2.19. The minimum atomic E-state index is -0.890. The molecule has 1 aromatic heterocycles. The molecular weight excluding hydrogens is 334 g/mol. The van der Waals surface area contributed by atoms with Gasteiger partial charge in [0.15, 0.2) is 0 Å². The molecule has 1 unspecified atom stereocenters. The van der Waals surface area contributed by atoms with Crippen molar-refractivity contribution >= 4 is 27.8 Å². The van der Waals surface area contributed by atoms with Crippen molar-refractivity contribution in [3.8, 4) is 0 Å². The van der Waals surface area contributed by atoms with Crippen molar-refractivity contribution in [3.63, 3.8) is 0 Å². The van der Waals surface area contributed by atoms with Crippen molar-refractivity contribution in [2.75, 3.05) is 19.0 Å². The number of nitrogens with zero attached hydrogens (tertiary/aromatic N) is 3. The minimum Gasteiger partial charge on any atom is -0.481 e. The number of aromatic nitrogens is 2. The molecule has 1 N–H and O–H groups in total. The Morgan fingerprint density at radius 2 is 2.14 bits per heavy atom. The van der Waals surface area contributed by atoms with Crippen molar-refractivity contribution in [3.05, 3.63) is 52.3 Å². The smallest absolute Gasteiger partial charge is 0.312 e. The molecule has 110 valence electrons. The highest BCUT2D eigenvalue weighted by atomic mass is 79.9. The first-order valence-electron chi connectivity index (χ1n) is 6.45. The maximum Gasteiger partial charge on any atom is 0.312 e. The van der Waals surface area contributed by atoms with Gasteiger partial charge in [0, 0.05) is 24.8 Å². The summed E-state index contributed by atoms with van der Waals surface area (Å²) in [7, 11) is 3.65. The summed E-state index contributed by atoms with van der Waals surface area (Å²) >= 11 is 3.40. The second kappa shape index (κ2) is 6.67. The zero-order valence-corrected chi connectivity index (χ0v) is 13.4. The van der Waals surface area contributed by atoms with Gasteiger partial charge in [-0.05, 0) is 30.2 Å². The molecule has 0 saturated heterocycles. The van der Waals surface area contributed by atoms with Gasteiger partial charge in [-0.3, -0.25) is 4.79 Å². The number of aliphatic carboxylic acids is 1. The molecule has 0 radical (unpaired) electrons. The summed E-state index contributed by atoms with van der Waals surface area (Å²) < 4.78 is 0.931. The van der Waals surface area contributed by atoms with Crippen molar-refractivity contribution < 1.29 is 9.90 Å². The predicted molar refractivity (Wildman–Crippen MR) is 84.6 cm³/mol. The third-order valence-electron chi connectivity index (χ3n) is 3.05. The molecule has 0 saturated carbocycles. The van der Waals surface area contributed by atoms with Gasteiger partial charge in [-0.2, -0.15) is 0 Å². The van der Waals surface area contributed by atoms with Crippen LogP contribution in [-0.2, 0) is 11.2 Å². The minimum absolute atomic E-state index is 0.388. The fraction of sp³-hybridized carbons (Fsp3) is 0.267. The highest BCUT2D eigenvalue weighted by molar-refractivity contribution is 9.10. The summed E-state index contributed by atoms with van der Waals surface area (Å²) in [5.41, 5.74) is 1.46. The standard InChI is InChI=1S/C15H16BrN3O2/c1-19(2)15-17-7-6-13(18-15)12(14(20)21)9-10-4-3-5-11(16)8-10/h3-8,12H,9H2,1-2H3,(H,20,21). The first-order valence-corrected chi connectivity index (χ1v) is 7.24. The third-order valence-corrected chi connectivity index (χ3v) is 3.54. The maximum absolute atomic E-state index is 11.6. The molecule has 1 heterocycles. The van der Waals surface area contributed by atoms with Gasteiger partial charge in [-0.25, -0.2) is 9.97 Å². The predicted octanol–water partition coefficient (Wildman–Crippen LogP) is 2.72. The second-order valence-electron chi connectivity index (χ2n) is 4.90. The van der Waals surface area contributed by atoms with Crippen LogP contribution >= 0.6 is 15.9 Å². The van der Waals surface area contributed by atoms with E-state index in [0.717, 1.165) is 10.0 Å². The van der Waals surface area contributed by atoms with Crippen molar-refractivity contribution in [1.82, 2.24) is 9.97 Å². The Labute approximate surface area is 131 Å². The lowest BCUT2D eigenvalue weighted by molar-refractivity contribution is -0.138. The van der Waals surface area contributed by atoms with Crippen LogP contribution in [0.5, 0.6) is 0 Å². The molecular formula is C15H16BrN3O2. The maximum atomic E-state index is 11.6. The fourth-order valence-corrected chi connectivity index (χ4v) is 2.44. The Morgan fingerprint density at radius 3 is 2.76 bits per heavy atom. The van der Waals surface area contributed by atoms with Crippen LogP contribution in [0.3, 0.4) is 0 Å². The normalized spacial score (nSPS) is 12.0. The molecule has 2 rings (SSSR count). The van der Waals surface area contributed by atoms with Crippen LogP contribution in [0.4, 0.5) is 5.95 Å². The van der Waals surface area contributed by atoms with E-state index in [2.05, 4.69) is 25.9 Å². The summed E-state index contributed by atoms with van der Waals surface area (Å²) in [6.07, 6.45) is 1.98. The molecule has 5 nitrogen and oxygen atoms in total. The van der Waals surface area contributed by atoms with Gasteiger partial charge >= 0.3 is 5.97 Å². The third kappa shape index (κ3) is 4.01. The van der Waals surface area contributed by atoms with Crippen molar-refractivity contribution in [2.45, 2.75) is 12.3 Å². The zero-order valence-electron chi connectivity index (χ0n) is 11.8. The van der Waals surface area contributed by atoms with E-state index in [1.54, 1.807) is 17.2 Å². The topological polar surface area (TPSA) is 66.3 Å². The van der Waals surface area contributed by atoms with Crippen LogP contribution in [0.2, 0.25) is 0 Å². The van der Waals surface area contributed by atoms with Crippen LogP contribution in [0.25, 0.3) is 0 Å². The zero-order chi connectivity index (χ0) is 15.4. The Hall–Kier alpha value is -1.95. The molecule has 2 aromatic rings. The van der Waals surface area contributed by atoms with E-state index < -0.39 is 11.9 Å². The quantitative estimate of drug-likeness (QED) is 0.898. The summed E-state index contributed by atoms with van der Waals surface area (Å²) in [5.74, 6) is -1.08. The Morgan fingerprint density at radius 1 is 1.38 bits per heavy atom. The molecule has 6 heteroatoms. The number of carbonyl (C=O) groups is 1. The highest BCUT2D eigenvalue weighted by Gasteiger charge is 2.22. The summed E-state index contributed by atoms with van der Waals surface area (Å²) in [5, 5.41) is 9.50. The highest BCUT2D eigenvalue weighted by Crippen LogP contribution is 2.22. The van der Waals surface area contributed by atoms with Gasteiger partial charge in [0.1, 0.15) is 5.92 Å². The summed E-state index contributed by atoms with van der Waals surface area (Å²) in [4.78, 5) is 21.8. The molecule has 0 amide bonds. The van der Waals surface area contributed by atoms with Gasteiger partial charge in [0.2, 0.25) is 5.95 Å². The molecule has 1 aromatic carbocycles. The van der Waals surface area contributed by atoms with Gasteiger partial charge in [-0.15, -0.1) is 0 Å². The number of hydrogen-bond acceptors (Lipinski definition) is 4. The van der Waals surface area contributed by atoms with Gasteiger partial charge < -0.3 is 10.0 Å². The van der Waals surface area contributed by atoms with E-state index in [-0.39, 0.29) is 0 Å². The molecule has 21 heavy (non-hydrogen) atoms. The van der Waals surface area contributed by atoms with Gasteiger partial charge in [-0.1, -0.05) is 28.1 Å². The fourth-order valence-electron chi connectivity index (χ4n) is 1.99.